The zero-order valence-corrected chi connectivity index (χ0v) is 66.8. The van der Waals surface area contributed by atoms with Crippen LogP contribution in [0, 0.1) is 13.8 Å². The van der Waals surface area contributed by atoms with Crippen LogP contribution in [0.1, 0.15) is 88.1 Å². The molecule has 0 fully saturated rings. The number of aryl methyl sites for hydroxylation is 6. The maximum absolute atomic E-state index is 13.0. The van der Waals surface area contributed by atoms with E-state index in [2.05, 4.69) is 298 Å². The Labute approximate surface area is 597 Å². The summed E-state index contributed by atoms with van der Waals surface area (Å²) in [6.07, 6.45) is 11.3. The molecule has 9 heteroatoms. The molecule has 2 aliphatic heterocycles. The van der Waals surface area contributed by atoms with Crippen molar-refractivity contribution in [2.24, 2.45) is 0 Å². The number of allylic oxidation sites excluding steroid dienone is 5. The Morgan fingerprint density at radius 1 is 0.402 bits per heavy atom. The summed E-state index contributed by atoms with van der Waals surface area (Å²) >= 11 is -1.47. The van der Waals surface area contributed by atoms with Crippen LogP contribution >= 0.6 is 15.9 Å². The minimum atomic E-state index is -2.65. The van der Waals surface area contributed by atoms with Crippen molar-refractivity contribution in [2.45, 2.75) is 90.3 Å². The van der Waals surface area contributed by atoms with Crippen molar-refractivity contribution in [3.8, 4) is 22.3 Å². The van der Waals surface area contributed by atoms with Crippen LogP contribution < -0.4 is 40.3 Å². The van der Waals surface area contributed by atoms with Crippen LogP contribution in [0.5, 0.6) is 0 Å². The average molecular weight is 1480 g/mol. The monoisotopic (exact) mass is 1480 g/mol. The van der Waals surface area contributed by atoms with Gasteiger partial charge >= 0.3 is 401 Å². The smallest absolute Gasteiger partial charge is 1.00 e. The molecule has 0 spiro atoms. The van der Waals surface area contributed by atoms with E-state index >= 15 is 0 Å². The number of carbonyl (C=O) groups excluding carboxylic acids is 1. The Kier molecular flexibility index (Phi) is 20.6. The molecule has 0 amide bonds. The van der Waals surface area contributed by atoms with Crippen molar-refractivity contribution >= 4 is 133 Å². The maximum Gasteiger partial charge on any atom is -1.00 e. The fraction of sp³-hybridized carbons (Fsp3) is 0.250. The second-order valence-corrected chi connectivity index (χ2v) is 47.4. The van der Waals surface area contributed by atoms with Crippen LogP contribution in [0.15, 0.2) is 209 Å². The van der Waals surface area contributed by atoms with E-state index in [1.165, 1.54) is 157 Å². The van der Waals surface area contributed by atoms with E-state index in [0.717, 1.165) is 36.8 Å². The van der Waals surface area contributed by atoms with Crippen LogP contribution in [0.3, 0.4) is 0 Å². The number of benzene rings is 11. The molecule has 2 heterocycles. The third-order valence-electron chi connectivity index (χ3n) is 21.1. The van der Waals surface area contributed by atoms with E-state index < -0.39 is 26.5 Å². The summed E-state index contributed by atoms with van der Waals surface area (Å²) in [5, 5.41) is 11.2. The number of halogens is 2. The Morgan fingerprint density at radius 3 is 1.19 bits per heavy atom. The van der Waals surface area contributed by atoms with Gasteiger partial charge in [-0.05, 0) is 81.3 Å². The fourth-order valence-electron chi connectivity index (χ4n) is 15.5. The van der Waals surface area contributed by atoms with Gasteiger partial charge in [-0.1, -0.05) is 103 Å². The van der Waals surface area contributed by atoms with Gasteiger partial charge in [0.1, 0.15) is 0 Å². The summed E-state index contributed by atoms with van der Waals surface area (Å²) < 4.78 is 9.13. The molecular weight excluding hydrogens is 1390 g/mol. The standard InChI is InChI=1S/C44H47GeN2.C25H23Br.C19H24GeN2O.ClH/c1-10-33-35-14-12-13-15-36(35)34(11-2)41-25-30(18-21-37(33)41)29-17-16-28(3)40(24-29)44-38-22-19-31(46(6)7)26-42(38)45(4,5)43-27-32(47(8)9)20-23-39(43)44;1-4-19-21-8-6-7-9-22(21)20(5-2)24-14-17(12-13-23(19)24)18-11-10-16(3)25(26)15-18;1-20(2)17-11-13(21(3)4)7-9-15(17)19(23)16-10-8-14(22(5)6)12-18(16)20;/h12-27H,10-11H2,1-9H3;6-15H,4-5H2,1-3H3;7-12H,1-6H3;1H/q+1;;;/p-1. The van der Waals surface area contributed by atoms with E-state index in [9.17, 15) is 4.79 Å². The summed E-state index contributed by atoms with van der Waals surface area (Å²) in [7, 11) is 16.8. The largest absolute Gasteiger partial charge is 1.00 e. The molecule has 0 radical (unpaired) electrons. The van der Waals surface area contributed by atoms with Crippen molar-refractivity contribution < 1.29 is 21.8 Å². The van der Waals surface area contributed by atoms with E-state index in [1.807, 2.05) is 52.5 Å². The van der Waals surface area contributed by atoms with Crippen molar-refractivity contribution in [1.82, 2.24) is 0 Å². The van der Waals surface area contributed by atoms with Crippen LogP contribution in [-0.2, 0) is 25.7 Å². The average Bonchev–Trinajstić information content (AvgIpc) is 0.731. The number of fused-ring (bicyclic) bond motifs is 8. The molecule has 0 aromatic heterocycles. The van der Waals surface area contributed by atoms with Gasteiger partial charge in [0.25, 0.3) is 0 Å². The molecule has 0 saturated carbocycles. The normalized spacial score (nSPS) is 13.9. The van der Waals surface area contributed by atoms with Crippen molar-refractivity contribution in [3.63, 3.8) is 0 Å². The van der Waals surface area contributed by atoms with Gasteiger partial charge in [-0.25, -0.2) is 0 Å². The molecule has 11 aromatic rings. The third-order valence-corrected chi connectivity index (χ3v) is 36.7. The molecule has 494 valence electrons. The zero-order valence-electron chi connectivity index (χ0n) is 60.3. The topological polar surface area (TPSA) is 29.8 Å². The summed E-state index contributed by atoms with van der Waals surface area (Å²) in [5.41, 5.74) is 25.8. The number of hydrogen-bond acceptors (Lipinski definition) is 4. The first-order valence-corrected chi connectivity index (χ1v) is 47.8. The van der Waals surface area contributed by atoms with E-state index in [-0.39, 0.29) is 18.2 Å². The molecule has 1 aliphatic carbocycles. The molecule has 11 aromatic carbocycles. The van der Waals surface area contributed by atoms with Crippen LogP contribution in [0.25, 0.3) is 70.9 Å². The number of anilines is 3. The van der Waals surface area contributed by atoms with Gasteiger partial charge < -0.3 is 12.4 Å². The van der Waals surface area contributed by atoms with Crippen molar-refractivity contribution in [1.29, 1.82) is 0 Å². The molecule has 0 N–H and O–H groups in total. The van der Waals surface area contributed by atoms with Crippen molar-refractivity contribution in [3.05, 3.63) is 264 Å². The predicted octanol–water partition coefficient (Wildman–Crippen LogP) is 16.7. The molecule has 5 nitrogen and oxygen atoms in total. The molecule has 3 aliphatic rings. The van der Waals surface area contributed by atoms with Gasteiger partial charge in [0.15, 0.2) is 0 Å². The first-order valence-electron chi connectivity index (χ1n) is 34.4. The maximum atomic E-state index is 13.0. The van der Waals surface area contributed by atoms with Crippen LogP contribution in [0.2, 0.25) is 23.0 Å². The Balaban J connectivity index is 0.000000161. The molecule has 0 bridgehead atoms. The summed E-state index contributed by atoms with van der Waals surface area (Å²) in [6, 6.07) is 65.6. The first-order chi connectivity index (χ1) is 45.9. The Morgan fingerprint density at radius 2 is 0.773 bits per heavy atom. The molecule has 0 unspecified atom stereocenters. The minimum Gasteiger partial charge on any atom is -1.00 e. The SMILES string of the molecule is CCc1c2ccccc2c(CC)c2cc(-c3ccc(C)c(Br)c3)ccc12.CCc1c2ccccc2c(CC)c2cc(-c3ccc(C)c(C4=C5C=CC(=[N+](C)C)C=[C]5[Ge]([CH3])([CH3])[c]5cc(N(C)C)ccc54)c3)ccc12.CN(C)c1ccc2[c](c1)[Ge]([CH3])([CH3])[c]1cc(N(C)C)ccc1C2=O.[Cl-]. The van der Waals surface area contributed by atoms with Crippen molar-refractivity contribution in [2.75, 3.05) is 71.1 Å². The van der Waals surface area contributed by atoms with Gasteiger partial charge in [-0.2, -0.15) is 0 Å². The number of ketones is 1. The number of carbonyl (C=O) groups is 1. The molecule has 97 heavy (non-hydrogen) atoms. The number of rotatable bonds is 10. The zero-order chi connectivity index (χ0) is 68.4. The summed E-state index contributed by atoms with van der Waals surface area (Å²) in [5.74, 6) is 10.1. The Hall–Kier alpha value is -7.72. The fourth-order valence-corrected chi connectivity index (χ4v) is 28.7. The molecule has 0 atom stereocenters. The first kappa shape index (κ1) is 70.6. The quantitative estimate of drug-likeness (QED) is 0.0775. The minimum absolute atomic E-state index is 0. The molecular formula is C88H94BrClGe2N4O. The van der Waals surface area contributed by atoms with Gasteiger partial charge in [0, 0.05) is 4.47 Å². The van der Waals surface area contributed by atoms with Gasteiger partial charge in [-0.3, -0.25) is 0 Å². The van der Waals surface area contributed by atoms with Crippen LogP contribution in [0.4, 0.5) is 17.1 Å². The second-order valence-electron chi connectivity index (χ2n) is 28.4. The number of hydrogen-bond donors (Lipinski definition) is 0. The summed E-state index contributed by atoms with van der Waals surface area (Å²) in [6.45, 7) is 13.5. The third kappa shape index (κ3) is 12.8. The van der Waals surface area contributed by atoms with Gasteiger partial charge in [0.05, 0.1) is 0 Å². The predicted molar refractivity (Wildman–Crippen MR) is 428 cm³/mol. The Bertz CT molecular complexity index is 5050. The molecule has 14 rings (SSSR count). The second kappa shape index (κ2) is 28.3. The number of nitrogens with zero attached hydrogens (tertiary/aromatic N) is 4. The van der Waals surface area contributed by atoms with Gasteiger partial charge in [0.2, 0.25) is 0 Å². The summed E-state index contributed by atoms with van der Waals surface area (Å²) in [4.78, 5) is 19.4. The van der Waals surface area contributed by atoms with E-state index in [0.29, 0.717) is 0 Å². The molecule has 0 saturated heterocycles. The van der Waals surface area contributed by atoms with E-state index in [1.54, 1.807) is 8.80 Å². The van der Waals surface area contributed by atoms with Gasteiger partial charge in [-0.15, -0.1) is 0 Å². The van der Waals surface area contributed by atoms with Crippen LogP contribution in [-0.4, -0.2) is 99.0 Å². The van der Waals surface area contributed by atoms with E-state index in [4.69, 9.17) is 0 Å².